The van der Waals surface area contributed by atoms with Crippen LogP contribution in [0, 0.1) is 5.82 Å². The van der Waals surface area contributed by atoms with E-state index in [1.165, 1.54) is 12.1 Å². The zero-order chi connectivity index (χ0) is 19.6. The lowest BCUT2D eigenvalue weighted by Gasteiger charge is -2.17. The highest BCUT2D eigenvalue weighted by Crippen LogP contribution is 2.39. The summed E-state index contributed by atoms with van der Waals surface area (Å²) in [5.74, 6) is -5.66. The van der Waals surface area contributed by atoms with Gasteiger partial charge in [-0.3, -0.25) is 0 Å². The van der Waals surface area contributed by atoms with Crippen LogP contribution >= 0.6 is 0 Å². The molecule has 3 nitrogen and oxygen atoms in total. The molecule has 1 atom stereocenters. The van der Waals surface area contributed by atoms with E-state index in [2.05, 4.69) is 0 Å². The van der Waals surface area contributed by atoms with Crippen molar-refractivity contribution in [1.82, 2.24) is 0 Å². The van der Waals surface area contributed by atoms with Crippen molar-refractivity contribution < 1.29 is 45.4 Å². The standard InChI is InChI=1S/C16H9F7O3/c17-12(14(19)20)7-3-1-2-4-9(7)26-10-6-5-8(16(21,22)23)13(18)11(10)15(24)25/h1-6,12,14H,(H,24,25). The summed E-state index contributed by atoms with van der Waals surface area (Å²) >= 11 is 0. The van der Waals surface area contributed by atoms with Crippen LogP contribution in [0.2, 0.25) is 0 Å². The van der Waals surface area contributed by atoms with Crippen LogP contribution in [-0.4, -0.2) is 17.5 Å². The fourth-order valence-electron chi connectivity index (χ4n) is 2.12. The second kappa shape index (κ2) is 7.22. The van der Waals surface area contributed by atoms with Gasteiger partial charge in [0.05, 0.1) is 5.56 Å². The maximum absolute atomic E-state index is 14.0. The van der Waals surface area contributed by atoms with Crippen molar-refractivity contribution in [3.05, 3.63) is 58.9 Å². The molecule has 10 heteroatoms. The van der Waals surface area contributed by atoms with Gasteiger partial charge in [-0.2, -0.15) is 13.2 Å². The smallest absolute Gasteiger partial charge is 0.419 e. The van der Waals surface area contributed by atoms with Crippen molar-refractivity contribution in [1.29, 1.82) is 0 Å². The van der Waals surface area contributed by atoms with Crippen molar-refractivity contribution in [3.63, 3.8) is 0 Å². The number of halogens is 7. The topological polar surface area (TPSA) is 46.5 Å². The normalized spacial score (nSPS) is 12.9. The van der Waals surface area contributed by atoms with E-state index in [0.717, 1.165) is 12.1 Å². The molecule has 0 aliphatic rings. The van der Waals surface area contributed by atoms with Crippen molar-refractivity contribution in [3.8, 4) is 11.5 Å². The molecule has 1 unspecified atom stereocenters. The van der Waals surface area contributed by atoms with Gasteiger partial charge in [0.25, 0.3) is 6.43 Å². The lowest BCUT2D eigenvalue weighted by molar-refractivity contribution is -0.140. The predicted octanol–water partition coefficient (Wildman–Crippen LogP) is 5.61. The minimum atomic E-state index is -5.16. The van der Waals surface area contributed by atoms with E-state index in [4.69, 9.17) is 9.84 Å². The summed E-state index contributed by atoms with van der Waals surface area (Å²) in [5.41, 5.74) is -3.97. The van der Waals surface area contributed by atoms with Crippen LogP contribution in [0.3, 0.4) is 0 Å². The average Bonchev–Trinajstić information content (AvgIpc) is 2.53. The van der Waals surface area contributed by atoms with Crippen LogP contribution in [0.15, 0.2) is 36.4 Å². The molecule has 2 aromatic rings. The van der Waals surface area contributed by atoms with E-state index in [0.29, 0.717) is 6.07 Å². The maximum atomic E-state index is 14.0. The van der Waals surface area contributed by atoms with E-state index in [-0.39, 0.29) is 6.07 Å². The highest BCUT2D eigenvalue weighted by atomic mass is 19.4. The third-order valence-electron chi connectivity index (χ3n) is 3.28. The van der Waals surface area contributed by atoms with Gasteiger partial charge in [-0.25, -0.2) is 22.4 Å². The van der Waals surface area contributed by atoms with Gasteiger partial charge in [-0.05, 0) is 18.2 Å². The maximum Gasteiger partial charge on any atom is 0.419 e. The summed E-state index contributed by atoms with van der Waals surface area (Å²) in [6, 6.07) is 5.10. The van der Waals surface area contributed by atoms with Gasteiger partial charge >= 0.3 is 12.1 Å². The first-order chi connectivity index (χ1) is 12.0. The first-order valence-electron chi connectivity index (χ1n) is 6.86. The van der Waals surface area contributed by atoms with E-state index < -0.39 is 58.7 Å². The first-order valence-corrected chi connectivity index (χ1v) is 6.86. The number of carboxylic acids is 1. The van der Waals surface area contributed by atoms with E-state index in [1.54, 1.807) is 0 Å². The number of para-hydroxylation sites is 1. The van der Waals surface area contributed by atoms with Crippen LogP contribution < -0.4 is 4.74 Å². The Hall–Kier alpha value is -2.78. The lowest BCUT2D eigenvalue weighted by Crippen LogP contribution is -2.14. The number of aromatic carboxylic acids is 1. The van der Waals surface area contributed by atoms with Crippen molar-refractivity contribution in [2.75, 3.05) is 0 Å². The zero-order valence-corrected chi connectivity index (χ0v) is 12.5. The van der Waals surface area contributed by atoms with Crippen LogP contribution in [0.25, 0.3) is 0 Å². The summed E-state index contributed by atoms with van der Waals surface area (Å²) in [7, 11) is 0. The molecule has 0 radical (unpaired) electrons. The highest BCUT2D eigenvalue weighted by molar-refractivity contribution is 5.91. The van der Waals surface area contributed by atoms with Crippen LogP contribution in [0.5, 0.6) is 11.5 Å². The second-order valence-electron chi connectivity index (χ2n) is 4.98. The van der Waals surface area contributed by atoms with Gasteiger partial charge in [-0.15, -0.1) is 0 Å². The molecule has 1 N–H and O–H groups in total. The van der Waals surface area contributed by atoms with Crippen LogP contribution in [0.1, 0.15) is 27.7 Å². The fraction of sp³-hybridized carbons (Fsp3) is 0.188. The van der Waals surface area contributed by atoms with Crippen LogP contribution in [-0.2, 0) is 6.18 Å². The van der Waals surface area contributed by atoms with Gasteiger partial charge in [0, 0.05) is 5.56 Å². The summed E-state index contributed by atoms with van der Waals surface area (Å²) in [5, 5.41) is 9.00. The first kappa shape index (κ1) is 19.5. The second-order valence-corrected chi connectivity index (χ2v) is 4.98. The largest absolute Gasteiger partial charge is 0.477 e. The Labute approximate surface area is 141 Å². The molecule has 0 saturated heterocycles. The minimum Gasteiger partial charge on any atom is -0.477 e. The molecule has 0 saturated carbocycles. The predicted molar refractivity (Wildman–Crippen MR) is 74.7 cm³/mol. The van der Waals surface area contributed by atoms with E-state index >= 15 is 0 Å². The van der Waals surface area contributed by atoms with Crippen molar-refractivity contribution in [2.24, 2.45) is 0 Å². The molecule has 2 aromatic carbocycles. The third-order valence-corrected chi connectivity index (χ3v) is 3.28. The Kier molecular flexibility index (Phi) is 5.43. The number of ether oxygens (including phenoxy) is 1. The molecular weight excluding hydrogens is 373 g/mol. The van der Waals surface area contributed by atoms with Gasteiger partial charge in [-0.1, -0.05) is 18.2 Å². The Morgan fingerprint density at radius 2 is 1.62 bits per heavy atom. The summed E-state index contributed by atoms with van der Waals surface area (Å²) < 4.78 is 95.8. The monoisotopic (exact) mass is 382 g/mol. The minimum absolute atomic E-state index is 0.236. The Morgan fingerprint density at radius 1 is 1.00 bits per heavy atom. The number of benzene rings is 2. The van der Waals surface area contributed by atoms with Crippen molar-refractivity contribution in [2.45, 2.75) is 18.8 Å². The molecule has 26 heavy (non-hydrogen) atoms. The van der Waals surface area contributed by atoms with Gasteiger partial charge < -0.3 is 9.84 Å². The molecule has 2 rings (SSSR count). The highest BCUT2D eigenvalue weighted by Gasteiger charge is 2.37. The third kappa shape index (κ3) is 3.89. The summed E-state index contributed by atoms with van der Waals surface area (Å²) in [6.45, 7) is 0. The zero-order valence-electron chi connectivity index (χ0n) is 12.5. The van der Waals surface area contributed by atoms with Gasteiger partial charge in [0.2, 0.25) is 0 Å². The number of carboxylic acid groups (broad SMARTS) is 1. The van der Waals surface area contributed by atoms with Crippen LogP contribution in [0.4, 0.5) is 30.7 Å². The molecule has 0 aromatic heterocycles. The molecule has 0 heterocycles. The molecule has 0 aliphatic carbocycles. The molecule has 0 spiro atoms. The quantitative estimate of drug-likeness (QED) is 0.684. The molecule has 0 amide bonds. The average molecular weight is 382 g/mol. The molecule has 0 aliphatic heterocycles. The SMILES string of the molecule is O=C(O)c1c(Oc2ccccc2C(F)C(F)F)ccc(C(F)(F)F)c1F. The number of alkyl halides is 6. The Bertz CT molecular complexity index is 818. The number of hydrogen-bond donors (Lipinski definition) is 1. The molecular formula is C16H9F7O3. The molecule has 140 valence electrons. The number of hydrogen-bond acceptors (Lipinski definition) is 2. The summed E-state index contributed by atoms with van der Waals surface area (Å²) in [4.78, 5) is 11.2. The van der Waals surface area contributed by atoms with Crippen molar-refractivity contribution >= 4 is 5.97 Å². The molecule has 0 fully saturated rings. The fourth-order valence-corrected chi connectivity index (χ4v) is 2.12. The Balaban J connectivity index is 2.55. The number of rotatable bonds is 5. The lowest BCUT2D eigenvalue weighted by atomic mass is 10.1. The molecule has 0 bridgehead atoms. The van der Waals surface area contributed by atoms with Gasteiger partial charge in [0.1, 0.15) is 17.1 Å². The summed E-state index contributed by atoms with van der Waals surface area (Å²) in [6.07, 6.45) is -11.4. The van der Waals surface area contributed by atoms with E-state index in [9.17, 15) is 35.5 Å². The van der Waals surface area contributed by atoms with E-state index in [1.807, 2.05) is 0 Å². The Morgan fingerprint density at radius 3 is 2.15 bits per heavy atom. The van der Waals surface area contributed by atoms with Gasteiger partial charge in [0.15, 0.2) is 12.0 Å². The number of carbonyl (C=O) groups is 1.